The maximum atomic E-state index is 12.8. The molecule has 5 rings (SSSR count). The Morgan fingerprint density at radius 3 is 2.48 bits per heavy atom. The minimum absolute atomic E-state index is 0.134. The van der Waals surface area contributed by atoms with Gasteiger partial charge in [0.05, 0.1) is 11.7 Å². The van der Waals surface area contributed by atoms with Crippen LogP contribution in [0.5, 0.6) is 0 Å². The first-order valence-corrected chi connectivity index (χ1v) is 10.1. The number of piperidine rings is 1. The molecule has 1 amide bonds. The molecule has 7 heteroatoms. The van der Waals surface area contributed by atoms with Crippen LogP contribution >= 0.6 is 0 Å². The van der Waals surface area contributed by atoms with Crippen molar-refractivity contribution in [3.8, 4) is 0 Å². The van der Waals surface area contributed by atoms with Gasteiger partial charge in [0, 0.05) is 43.4 Å². The number of hydrogen-bond donors (Lipinski definition) is 2. The fourth-order valence-electron chi connectivity index (χ4n) is 4.14. The van der Waals surface area contributed by atoms with Crippen molar-refractivity contribution in [2.45, 2.75) is 50.1 Å². The molecule has 2 aromatic rings. The number of carbonyl (C=O) groups is 1. The maximum absolute atomic E-state index is 12.8. The van der Waals surface area contributed by atoms with Gasteiger partial charge in [-0.05, 0) is 49.8 Å². The van der Waals surface area contributed by atoms with Gasteiger partial charge in [0.15, 0.2) is 0 Å². The van der Waals surface area contributed by atoms with Crippen molar-refractivity contribution >= 4 is 5.91 Å². The second-order valence-corrected chi connectivity index (χ2v) is 7.96. The molecule has 3 heterocycles. The lowest BCUT2D eigenvalue weighted by Crippen LogP contribution is -2.39. The van der Waals surface area contributed by atoms with Gasteiger partial charge in [-0.1, -0.05) is 17.3 Å². The van der Waals surface area contributed by atoms with E-state index in [2.05, 4.69) is 39.5 Å². The number of aromatic nitrogens is 3. The Kier molecular flexibility index (Phi) is 4.41. The van der Waals surface area contributed by atoms with Gasteiger partial charge >= 0.3 is 0 Å². The number of nitrogens with one attached hydrogen (secondary N) is 2. The molecule has 2 saturated heterocycles. The lowest BCUT2D eigenvalue weighted by atomic mass is 10.0. The second-order valence-electron chi connectivity index (χ2n) is 7.96. The van der Waals surface area contributed by atoms with E-state index in [0.717, 1.165) is 50.2 Å². The van der Waals surface area contributed by atoms with Gasteiger partial charge in [0.2, 0.25) is 0 Å². The van der Waals surface area contributed by atoms with Crippen LogP contribution in [-0.4, -0.2) is 45.4 Å². The number of carbonyl (C=O) groups excluding carboxylic acids is 1. The van der Waals surface area contributed by atoms with Gasteiger partial charge in [0.1, 0.15) is 0 Å². The average Bonchev–Trinajstić information content (AvgIpc) is 3.22. The van der Waals surface area contributed by atoms with Crippen molar-refractivity contribution < 1.29 is 4.79 Å². The Labute approximate surface area is 159 Å². The smallest absolute Gasteiger partial charge is 0.253 e. The minimum Gasteiger partial charge on any atom is -0.338 e. The first kappa shape index (κ1) is 16.9. The first-order chi connectivity index (χ1) is 13.3. The Hall–Kier alpha value is -2.25. The van der Waals surface area contributed by atoms with E-state index >= 15 is 0 Å². The van der Waals surface area contributed by atoms with Crippen LogP contribution in [0.4, 0.5) is 0 Å². The highest BCUT2D eigenvalue weighted by atomic mass is 16.2. The normalized spacial score (nSPS) is 23.7. The molecule has 1 saturated carbocycles. The molecule has 0 spiro atoms. The number of likely N-dealkylation sites (tertiary alicyclic amines) is 1. The van der Waals surface area contributed by atoms with Gasteiger partial charge in [0.25, 0.3) is 5.91 Å². The molecule has 2 N–H and O–H groups in total. The van der Waals surface area contributed by atoms with Gasteiger partial charge < -0.3 is 4.90 Å². The zero-order chi connectivity index (χ0) is 18.2. The number of benzene rings is 1. The summed E-state index contributed by atoms with van der Waals surface area (Å²) in [6.07, 6.45) is 7.56. The van der Waals surface area contributed by atoms with E-state index in [0.29, 0.717) is 18.0 Å². The third kappa shape index (κ3) is 3.49. The van der Waals surface area contributed by atoms with Gasteiger partial charge in [-0.25, -0.2) is 4.68 Å². The molecule has 27 heavy (non-hydrogen) atoms. The van der Waals surface area contributed by atoms with Crippen LogP contribution in [0.1, 0.15) is 71.7 Å². The van der Waals surface area contributed by atoms with Gasteiger partial charge in [-0.3, -0.25) is 15.6 Å². The Bertz CT molecular complexity index is 798. The highest BCUT2D eigenvalue weighted by Crippen LogP contribution is 2.39. The molecule has 0 radical (unpaired) electrons. The maximum Gasteiger partial charge on any atom is 0.253 e. The van der Waals surface area contributed by atoms with Crippen molar-refractivity contribution in [1.29, 1.82) is 0 Å². The van der Waals surface area contributed by atoms with Gasteiger partial charge in [-0.2, -0.15) is 0 Å². The van der Waals surface area contributed by atoms with E-state index in [1.165, 1.54) is 18.4 Å². The summed E-state index contributed by atoms with van der Waals surface area (Å²) in [5.74, 6) is 0.772. The average molecular weight is 366 g/mol. The fraction of sp³-hybridized carbons (Fsp3) is 0.550. The van der Waals surface area contributed by atoms with Crippen LogP contribution in [0.3, 0.4) is 0 Å². The molecular formula is C20H26N6O. The SMILES string of the molecule is O=C(c1ccc(C2CCNN2)cc1)N1CCC(n2cc(C3CC3)nn2)CC1. The molecule has 1 atom stereocenters. The Morgan fingerprint density at radius 2 is 1.81 bits per heavy atom. The molecular weight excluding hydrogens is 340 g/mol. The van der Waals surface area contributed by atoms with Crippen LogP contribution in [0.2, 0.25) is 0 Å². The van der Waals surface area contributed by atoms with Crippen molar-refractivity contribution in [2.75, 3.05) is 19.6 Å². The molecule has 1 unspecified atom stereocenters. The van der Waals surface area contributed by atoms with E-state index < -0.39 is 0 Å². The van der Waals surface area contributed by atoms with E-state index in [1.54, 1.807) is 0 Å². The number of rotatable bonds is 4. The van der Waals surface area contributed by atoms with E-state index in [-0.39, 0.29) is 5.91 Å². The summed E-state index contributed by atoms with van der Waals surface area (Å²) in [5.41, 5.74) is 9.56. The number of hydrazine groups is 1. The number of hydrogen-bond acceptors (Lipinski definition) is 5. The minimum atomic E-state index is 0.134. The quantitative estimate of drug-likeness (QED) is 0.867. The third-order valence-electron chi connectivity index (χ3n) is 6.04. The van der Waals surface area contributed by atoms with Crippen LogP contribution in [0.15, 0.2) is 30.5 Å². The second kappa shape index (κ2) is 7.05. The summed E-state index contributed by atoms with van der Waals surface area (Å²) in [4.78, 5) is 14.8. The molecule has 1 aromatic heterocycles. The first-order valence-electron chi connectivity index (χ1n) is 10.1. The summed E-state index contributed by atoms with van der Waals surface area (Å²) < 4.78 is 2.02. The predicted octanol–water partition coefficient (Wildman–Crippen LogP) is 2.17. The standard InChI is InChI=1S/C20H26N6O/c27-20(16-5-3-14(4-6-16)18-7-10-21-22-18)25-11-8-17(9-12-25)26-13-19(23-24-26)15-1-2-15/h3-6,13,15,17-18,21-22H,1-2,7-12H2. The Morgan fingerprint density at radius 1 is 1.04 bits per heavy atom. The lowest BCUT2D eigenvalue weighted by molar-refractivity contribution is 0.0689. The van der Waals surface area contributed by atoms with E-state index in [9.17, 15) is 4.79 Å². The lowest BCUT2D eigenvalue weighted by Gasteiger charge is -2.32. The van der Waals surface area contributed by atoms with Crippen molar-refractivity contribution in [2.24, 2.45) is 0 Å². The molecule has 0 bridgehead atoms. The summed E-state index contributed by atoms with van der Waals surface area (Å²) >= 11 is 0. The zero-order valence-corrected chi connectivity index (χ0v) is 15.5. The summed E-state index contributed by atoms with van der Waals surface area (Å²) in [6, 6.07) is 8.76. The molecule has 1 aromatic carbocycles. The summed E-state index contributed by atoms with van der Waals surface area (Å²) in [6.45, 7) is 2.53. The topological polar surface area (TPSA) is 75.1 Å². The van der Waals surface area contributed by atoms with E-state index in [4.69, 9.17) is 0 Å². The monoisotopic (exact) mass is 366 g/mol. The van der Waals surface area contributed by atoms with E-state index in [1.807, 2.05) is 21.7 Å². The summed E-state index contributed by atoms with van der Waals surface area (Å²) in [7, 11) is 0. The van der Waals surface area contributed by atoms with Crippen LogP contribution in [0.25, 0.3) is 0 Å². The third-order valence-corrected chi connectivity index (χ3v) is 6.04. The zero-order valence-electron chi connectivity index (χ0n) is 15.5. The van der Waals surface area contributed by atoms with Crippen molar-refractivity contribution in [3.05, 3.63) is 47.3 Å². The fourth-order valence-corrected chi connectivity index (χ4v) is 4.14. The number of amides is 1. The highest BCUT2D eigenvalue weighted by molar-refractivity contribution is 5.94. The molecule has 142 valence electrons. The van der Waals surface area contributed by atoms with Crippen molar-refractivity contribution in [3.63, 3.8) is 0 Å². The molecule has 7 nitrogen and oxygen atoms in total. The molecule has 2 aliphatic heterocycles. The van der Waals surface area contributed by atoms with Crippen LogP contribution in [-0.2, 0) is 0 Å². The van der Waals surface area contributed by atoms with Crippen LogP contribution in [0, 0.1) is 0 Å². The largest absolute Gasteiger partial charge is 0.338 e. The van der Waals surface area contributed by atoms with Crippen molar-refractivity contribution in [1.82, 2.24) is 30.7 Å². The summed E-state index contributed by atoms with van der Waals surface area (Å²) in [5, 5.41) is 8.65. The van der Waals surface area contributed by atoms with Crippen LogP contribution < -0.4 is 10.9 Å². The number of nitrogens with zero attached hydrogens (tertiary/aromatic N) is 4. The molecule has 1 aliphatic carbocycles. The van der Waals surface area contributed by atoms with Gasteiger partial charge in [-0.15, -0.1) is 5.10 Å². The highest BCUT2D eigenvalue weighted by Gasteiger charge is 2.29. The molecule has 3 fully saturated rings. The Balaban J connectivity index is 1.19. The molecule has 3 aliphatic rings. The predicted molar refractivity (Wildman–Crippen MR) is 101 cm³/mol.